The molecule has 0 amide bonds. The highest BCUT2D eigenvalue weighted by atomic mass is 16.6. The van der Waals surface area contributed by atoms with Crippen LogP contribution < -0.4 is 5.73 Å². The Balaban J connectivity index is 2.29. The van der Waals surface area contributed by atoms with E-state index in [4.69, 9.17) is 5.73 Å². The molecule has 10 nitrogen and oxygen atoms in total. The van der Waals surface area contributed by atoms with Crippen LogP contribution >= 0.6 is 0 Å². The number of nitrogens with two attached hydrogens (primary N) is 1. The molecule has 0 bridgehead atoms. The monoisotopic (exact) mass is 264 g/mol. The third kappa shape index (κ3) is 2.62. The summed E-state index contributed by atoms with van der Waals surface area (Å²) >= 11 is 0. The van der Waals surface area contributed by atoms with Gasteiger partial charge in [0.05, 0.1) is 11.5 Å². The van der Waals surface area contributed by atoms with E-state index in [1.807, 2.05) is 0 Å². The summed E-state index contributed by atoms with van der Waals surface area (Å²) in [6.45, 7) is 0.0638. The standard InChI is InChI=1S/C9H8N6O4/c10-8-2-1-7(14(16)17)3-6(8)4-13-5-11-9(12-13)15(18)19/h1-3,5H,4,10H2. The lowest BCUT2D eigenvalue weighted by molar-refractivity contribution is -0.394. The molecular formula is C9H8N6O4. The van der Waals surface area contributed by atoms with Crippen LogP contribution in [0.15, 0.2) is 24.5 Å². The Labute approximate surface area is 105 Å². The van der Waals surface area contributed by atoms with Crippen LogP contribution in [-0.4, -0.2) is 24.6 Å². The fraction of sp³-hybridized carbons (Fsp3) is 0.111. The van der Waals surface area contributed by atoms with Gasteiger partial charge in [-0.05, 0) is 11.0 Å². The Kier molecular flexibility index (Phi) is 3.06. The van der Waals surface area contributed by atoms with Crippen LogP contribution in [0.3, 0.4) is 0 Å². The van der Waals surface area contributed by atoms with Crippen molar-refractivity contribution in [1.29, 1.82) is 0 Å². The fourth-order valence-electron chi connectivity index (χ4n) is 1.46. The predicted molar refractivity (Wildman–Crippen MR) is 63.3 cm³/mol. The predicted octanol–water partition coefficient (Wildman–Crippen LogP) is 0.725. The molecule has 0 saturated carbocycles. The number of non-ortho nitro benzene ring substituents is 1. The highest BCUT2D eigenvalue weighted by molar-refractivity contribution is 5.52. The van der Waals surface area contributed by atoms with Gasteiger partial charge in [-0.1, -0.05) is 4.98 Å². The molecule has 0 saturated heterocycles. The number of nitro benzene ring substituents is 1. The largest absolute Gasteiger partial charge is 0.490 e. The smallest absolute Gasteiger partial charge is 0.398 e. The number of nitrogen functional groups attached to an aromatic ring is 1. The highest BCUT2D eigenvalue weighted by Crippen LogP contribution is 2.20. The number of benzene rings is 1. The van der Waals surface area contributed by atoms with Crippen molar-refractivity contribution >= 4 is 17.3 Å². The first-order valence-corrected chi connectivity index (χ1v) is 5.04. The van der Waals surface area contributed by atoms with E-state index in [1.54, 1.807) is 0 Å². The van der Waals surface area contributed by atoms with Crippen molar-refractivity contribution in [3.63, 3.8) is 0 Å². The SMILES string of the molecule is Nc1ccc([N+](=O)[O-])cc1Cn1cnc([N+](=O)[O-])n1. The van der Waals surface area contributed by atoms with Gasteiger partial charge in [0.25, 0.3) is 5.69 Å². The first kappa shape index (κ1) is 12.4. The van der Waals surface area contributed by atoms with E-state index in [-0.39, 0.29) is 12.2 Å². The van der Waals surface area contributed by atoms with Crippen molar-refractivity contribution in [3.05, 3.63) is 50.3 Å². The number of aromatic nitrogens is 3. The summed E-state index contributed by atoms with van der Waals surface area (Å²) in [7, 11) is 0. The molecule has 0 radical (unpaired) electrons. The van der Waals surface area contributed by atoms with Crippen LogP contribution in [0.25, 0.3) is 0 Å². The van der Waals surface area contributed by atoms with Gasteiger partial charge in [-0.3, -0.25) is 10.1 Å². The second kappa shape index (κ2) is 4.68. The number of nitrogens with zero attached hydrogens (tertiary/aromatic N) is 5. The topological polar surface area (TPSA) is 143 Å². The Bertz CT molecular complexity index is 652. The van der Waals surface area contributed by atoms with E-state index in [0.717, 1.165) is 6.33 Å². The lowest BCUT2D eigenvalue weighted by atomic mass is 10.1. The summed E-state index contributed by atoms with van der Waals surface area (Å²) in [4.78, 5) is 23.3. The van der Waals surface area contributed by atoms with Crippen molar-refractivity contribution in [1.82, 2.24) is 14.8 Å². The summed E-state index contributed by atoms with van der Waals surface area (Å²) in [6.07, 6.45) is 1.16. The zero-order valence-electron chi connectivity index (χ0n) is 9.46. The average Bonchev–Trinajstić information content (AvgIpc) is 2.80. The van der Waals surface area contributed by atoms with Crippen LogP contribution in [0.4, 0.5) is 17.3 Å². The first-order valence-electron chi connectivity index (χ1n) is 5.04. The molecule has 2 rings (SSSR count). The maximum atomic E-state index is 10.7. The van der Waals surface area contributed by atoms with E-state index in [1.165, 1.54) is 22.9 Å². The Morgan fingerprint density at radius 1 is 1.26 bits per heavy atom. The minimum atomic E-state index is -0.729. The molecule has 0 aliphatic heterocycles. The number of nitro groups is 2. The first-order chi connectivity index (χ1) is 8.97. The van der Waals surface area contributed by atoms with E-state index < -0.39 is 15.8 Å². The van der Waals surface area contributed by atoms with Gasteiger partial charge in [-0.15, -0.1) is 0 Å². The summed E-state index contributed by atoms with van der Waals surface area (Å²) < 4.78 is 1.19. The van der Waals surface area contributed by atoms with E-state index in [0.29, 0.717) is 11.3 Å². The Morgan fingerprint density at radius 2 is 2.00 bits per heavy atom. The summed E-state index contributed by atoms with van der Waals surface area (Å²) in [5.41, 5.74) is 6.35. The van der Waals surface area contributed by atoms with Crippen molar-refractivity contribution in [3.8, 4) is 0 Å². The Hall–Kier alpha value is -3.04. The molecule has 2 N–H and O–H groups in total. The van der Waals surface area contributed by atoms with Gasteiger partial charge in [0.15, 0.2) is 0 Å². The maximum Gasteiger partial charge on any atom is 0.490 e. The zero-order chi connectivity index (χ0) is 14.0. The molecule has 2 aromatic rings. The van der Waals surface area contributed by atoms with Gasteiger partial charge >= 0.3 is 5.95 Å². The molecule has 1 aromatic carbocycles. The minimum Gasteiger partial charge on any atom is -0.398 e. The number of hydrogen-bond acceptors (Lipinski definition) is 7. The second-order valence-corrected chi connectivity index (χ2v) is 3.64. The van der Waals surface area contributed by atoms with Crippen LogP contribution in [-0.2, 0) is 6.54 Å². The van der Waals surface area contributed by atoms with Gasteiger partial charge in [-0.25, -0.2) is 0 Å². The molecule has 1 heterocycles. The number of hydrogen-bond donors (Lipinski definition) is 1. The third-order valence-electron chi connectivity index (χ3n) is 2.36. The molecular weight excluding hydrogens is 256 g/mol. The molecule has 0 atom stereocenters. The average molecular weight is 264 g/mol. The van der Waals surface area contributed by atoms with E-state index in [9.17, 15) is 20.2 Å². The van der Waals surface area contributed by atoms with Crippen molar-refractivity contribution in [2.24, 2.45) is 0 Å². The zero-order valence-corrected chi connectivity index (χ0v) is 9.46. The van der Waals surface area contributed by atoms with Crippen LogP contribution in [0.5, 0.6) is 0 Å². The molecule has 10 heteroatoms. The molecule has 1 aromatic heterocycles. The summed E-state index contributed by atoms with van der Waals surface area (Å²) in [5, 5.41) is 24.7. The lowest BCUT2D eigenvalue weighted by Crippen LogP contribution is -2.05. The normalized spacial score (nSPS) is 10.3. The van der Waals surface area contributed by atoms with Crippen molar-refractivity contribution in [2.75, 3.05) is 5.73 Å². The summed E-state index contributed by atoms with van der Waals surface area (Å²) in [6, 6.07) is 3.98. The van der Waals surface area contributed by atoms with Crippen molar-refractivity contribution in [2.45, 2.75) is 6.54 Å². The van der Waals surface area contributed by atoms with E-state index >= 15 is 0 Å². The minimum absolute atomic E-state index is 0.0638. The van der Waals surface area contributed by atoms with Gasteiger partial charge in [0.2, 0.25) is 6.33 Å². The van der Waals surface area contributed by atoms with Gasteiger partial charge in [0.1, 0.15) is 0 Å². The quantitative estimate of drug-likeness (QED) is 0.486. The van der Waals surface area contributed by atoms with Crippen molar-refractivity contribution < 1.29 is 9.85 Å². The lowest BCUT2D eigenvalue weighted by Gasteiger charge is -2.03. The number of rotatable bonds is 4. The second-order valence-electron chi connectivity index (χ2n) is 3.64. The Morgan fingerprint density at radius 3 is 2.58 bits per heavy atom. The van der Waals surface area contributed by atoms with E-state index in [2.05, 4.69) is 10.1 Å². The van der Waals surface area contributed by atoms with Crippen LogP contribution in [0, 0.1) is 20.2 Å². The van der Waals surface area contributed by atoms with Gasteiger partial charge in [0, 0.05) is 28.5 Å². The molecule has 0 spiro atoms. The molecule has 0 aliphatic carbocycles. The third-order valence-corrected chi connectivity index (χ3v) is 2.36. The molecule has 0 aliphatic rings. The maximum absolute atomic E-state index is 10.7. The fourth-order valence-corrected chi connectivity index (χ4v) is 1.46. The van der Waals surface area contributed by atoms with Gasteiger partial charge in [-0.2, -0.15) is 4.68 Å². The van der Waals surface area contributed by atoms with Gasteiger partial charge < -0.3 is 15.8 Å². The molecule has 0 unspecified atom stereocenters. The van der Waals surface area contributed by atoms with Crippen LogP contribution in [0.1, 0.15) is 5.56 Å². The molecule has 98 valence electrons. The van der Waals surface area contributed by atoms with Crippen LogP contribution in [0.2, 0.25) is 0 Å². The highest BCUT2D eigenvalue weighted by Gasteiger charge is 2.15. The molecule has 0 fully saturated rings. The number of anilines is 1. The molecule has 19 heavy (non-hydrogen) atoms. The summed E-state index contributed by atoms with van der Waals surface area (Å²) in [5.74, 6) is -0.538.